The molecule has 42 heavy (non-hydrogen) atoms. The number of nitrogens with zero attached hydrogens (tertiary/aromatic N) is 1. The van der Waals surface area contributed by atoms with E-state index in [2.05, 4.69) is 88.4 Å². The maximum atomic E-state index is 14.5. The summed E-state index contributed by atoms with van der Waals surface area (Å²) in [4.78, 5) is 0. The number of rotatable bonds is 12. The van der Waals surface area contributed by atoms with Gasteiger partial charge in [-0.15, -0.1) is 0 Å². The van der Waals surface area contributed by atoms with E-state index >= 15 is 0 Å². The van der Waals surface area contributed by atoms with Gasteiger partial charge in [-0.2, -0.15) is 4.31 Å². The maximum absolute atomic E-state index is 14.5. The van der Waals surface area contributed by atoms with Crippen molar-refractivity contribution in [3.05, 3.63) is 60.7 Å². The molecular formula is C35H53NO4SSi. The van der Waals surface area contributed by atoms with Crippen molar-refractivity contribution in [1.82, 2.24) is 4.31 Å². The SMILES string of the molecule is CCCCCCC(O)CC1[C@H]2CCCC[C@]23CC[C@@H](CO[Si](c2ccccc2)(c2ccccc2)C(C)(C)C)N3S1(=O)=O. The summed E-state index contributed by atoms with van der Waals surface area (Å²) in [6, 6.07) is 21.1. The van der Waals surface area contributed by atoms with E-state index in [-0.39, 0.29) is 22.5 Å². The first-order chi connectivity index (χ1) is 20.1. The van der Waals surface area contributed by atoms with Gasteiger partial charge in [0.25, 0.3) is 8.32 Å². The molecule has 3 fully saturated rings. The Morgan fingerprint density at radius 3 is 2.19 bits per heavy atom. The topological polar surface area (TPSA) is 66.8 Å². The zero-order valence-corrected chi connectivity index (χ0v) is 28.1. The minimum Gasteiger partial charge on any atom is -0.406 e. The van der Waals surface area contributed by atoms with Crippen LogP contribution in [0.25, 0.3) is 0 Å². The van der Waals surface area contributed by atoms with Crippen LogP contribution in [0.5, 0.6) is 0 Å². The average Bonchev–Trinajstić information content (AvgIpc) is 3.42. The monoisotopic (exact) mass is 611 g/mol. The van der Waals surface area contributed by atoms with Crippen LogP contribution in [-0.4, -0.2) is 55.7 Å². The smallest absolute Gasteiger partial charge is 0.261 e. The van der Waals surface area contributed by atoms with Crippen molar-refractivity contribution in [2.45, 2.75) is 133 Å². The first-order valence-electron chi connectivity index (χ1n) is 16.5. The maximum Gasteiger partial charge on any atom is 0.261 e. The van der Waals surface area contributed by atoms with Crippen molar-refractivity contribution in [3.8, 4) is 0 Å². The molecule has 5 rings (SSSR count). The normalized spacial score (nSPS) is 28.4. The van der Waals surface area contributed by atoms with Crippen LogP contribution in [-0.2, 0) is 14.4 Å². The molecule has 2 aliphatic heterocycles. The Morgan fingerprint density at radius 1 is 0.952 bits per heavy atom. The molecule has 1 aliphatic carbocycles. The largest absolute Gasteiger partial charge is 0.406 e. The molecule has 2 aromatic rings. The fourth-order valence-electron chi connectivity index (χ4n) is 8.80. The molecule has 2 heterocycles. The van der Waals surface area contributed by atoms with E-state index < -0.39 is 29.7 Å². The third-order valence-electron chi connectivity index (χ3n) is 10.7. The van der Waals surface area contributed by atoms with Gasteiger partial charge in [0.2, 0.25) is 10.0 Å². The lowest BCUT2D eigenvalue weighted by Crippen LogP contribution is -2.67. The molecule has 2 unspecified atom stereocenters. The van der Waals surface area contributed by atoms with Crippen molar-refractivity contribution in [3.63, 3.8) is 0 Å². The number of aliphatic hydroxyl groups is 1. The van der Waals surface area contributed by atoms with E-state index in [1.165, 1.54) is 16.8 Å². The molecule has 1 saturated carbocycles. The second kappa shape index (κ2) is 12.8. The Balaban J connectivity index is 1.44. The fraction of sp³-hybridized carbons (Fsp3) is 0.657. The summed E-state index contributed by atoms with van der Waals surface area (Å²) < 4.78 is 38.2. The van der Waals surface area contributed by atoms with E-state index in [9.17, 15) is 13.5 Å². The van der Waals surface area contributed by atoms with Crippen molar-refractivity contribution in [2.75, 3.05) is 6.61 Å². The molecule has 5 atom stereocenters. The van der Waals surface area contributed by atoms with Gasteiger partial charge in [-0.05, 0) is 59.9 Å². The number of aliphatic hydroxyl groups excluding tert-OH is 1. The first-order valence-corrected chi connectivity index (χ1v) is 20.0. The third kappa shape index (κ3) is 5.69. The van der Waals surface area contributed by atoms with Crippen molar-refractivity contribution >= 4 is 28.7 Å². The summed E-state index contributed by atoms with van der Waals surface area (Å²) in [5, 5.41) is 12.8. The Morgan fingerprint density at radius 2 is 1.60 bits per heavy atom. The minimum atomic E-state index is -3.56. The Bertz CT molecular complexity index is 1230. The zero-order chi connectivity index (χ0) is 30.0. The summed E-state index contributed by atoms with van der Waals surface area (Å²) >= 11 is 0. The lowest BCUT2D eigenvalue weighted by molar-refractivity contribution is 0.0808. The van der Waals surface area contributed by atoms with Gasteiger partial charge in [0.1, 0.15) is 0 Å². The van der Waals surface area contributed by atoms with E-state index in [1.54, 1.807) is 0 Å². The lowest BCUT2D eigenvalue weighted by Gasteiger charge is -2.44. The molecule has 5 nitrogen and oxygen atoms in total. The first kappa shape index (κ1) is 31.9. The predicted octanol–water partition coefficient (Wildman–Crippen LogP) is 6.39. The Labute approximate surface area is 256 Å². The van der Waals surface area contributed by atoms with E-state index in [0.29, 0.717) is 19.4 Å². The van der Waals surface area contributed by atoms with Crippen LogP contribution in [0.4, 0.5) is 0 Å². The zero-order valence-electron chi connectivity index (χ0n) is 26.3. The van der Waals surface area contributed by atoms with Crippen LogP contribution in [0, 0.1) is 5.92 Å². The molecule has 0 aromatic heterocycles. The van der Waals surface area contributed by atoms with Crippen molar-refractivity contribution in [1.29, 1.82) is 0 Å². The van der Waals surface area contributed by atoms with E-state index in [1.807, 2.05) is 4.31 Å². The highest BCUT2D eigenvalue weighted by Gasteiger charge is 2.67. The molecule has 7 heteroatoms. The van der Waals surface area contributed by atoms with Gasteiger partial charge in [0.05, 0.1) is 18.0 Å². The van der Waals surface area contributed by atoms with Crippen LogP contribution >= 0.6 is 0 Å². The van der Waals surface area contributed by atoms with Crippen LogP contribution in [0.1, 0.15) is 105 Å². The van der Waals surface area contributed by atoms with E-state index in [0.717, 1.165) is 57.8 Å². The molecule has 0 radical (unpaired) electrons. The van der Waals surface area contributed by atoms with Crippen LogP contribution < -0.4 is 10.4 Å². The summed E-state index contributed by atoms with van der Waals surface area (Å²) in [5.41, 5.74) is -0.302. The number of hydrogen-bond acceptors (Lipinski definition) is 4. The van der Waals surface area contributed by atoms with Gasteiger partial charge < -0.3 is 9.53 Å². The van der Waals surface area contributed by atoms with Gasteiger partial charge in [0.15, 0.2) is 0 Å². The fourth-order valence-corrected chi connectivity index (χ4v) is 16.4. The van der Waals surface area contributed by atoms with Gasteiger partial charge in [-0.3, -0.25) is 0 Å². The number of unbranched alkanes of at least 4 members (excludes halogenated alkanes) is 3. The Kier molecular flexibility index (Phi) is 9.75. The van der Waals surface area contributed by atoms with Gasteiger partial charge >= 0.3 is 0 Å². The second-order valence-corrected chi connectivity index (χ2v) is 20.6. The van der Waals surface area contributed by atoms with E-state index in [4.69, 9.17) is 4.43 Å². The Hall–Kier alpha value is -1.51. The predicted molar refractivity (Wildman–Crippen MR) is 175 cm³/mol. The average molecular weight is 612 g/mol. The molecule has 3 aliphatic rings. The van der Waals surface area contributed by atoms with Crippen molar-refractivity contribution in [2.24, 2.45) is 5.92 Å². The second-order valence-electron chi connectivity index (χ2n) is 14.2. The lowest BCUT2D eigenvalue weighted by atomic mass is 9.69. The summed E-state index contributed by atoms with van der Waals surface area (Å²) in [7, 11) is -6.34. The molecule has 1 spiro atoms. The summed E-state index contributed by atoms with van der Waals surface area (Å²) in [6.45, 7) is 9.42. The molecule has 0 amide bonds. The van der Waals surface area contributed by atoms with Crippen LogP contribution in [0.3, 0.4) is 0 Å². The standard InChI is InChI=1S/C35H53NO4SSi/c1-5-6-7-10-17-29(37)26-33-32-22-15-16-24-35(32)25-23-28(36(35)41(33,38)39)27-40-42(34(2,3)4,30-18-11-8-12-19-30)31-20-13-9-14-21-31/h8-9,11-14,18-21,28-29,32-33,37H,5-7,10,15-17,22-27H2,1-4H3/t28-,29?,32+,33?,35-/m0/s1. The molecular weight excluding hydrogens is 559 g/mol. The molecule has 2 saturated heterocycles. The quantitative estimate of drug-likeness (QED) is 0.223. The van der Waals surface area contributed by atoms with Crippen molar-refractivity contribution < 1.29 is 18.0 Å². The molecule has 232 valence electrons. The van der Waals surface area contributed by atoms with Gasteiger partial charge in [0, 0.05) is 11.6 Å². The molecule has 0 bridgehead atoms. The summed E-state index contributed by atoms with van der Waals surface area (Å²) in [5.74, 6) is 0.111. The van der Waals surface area contributed by atoms with Crippen LogP contribution in [0.15, 0.2) is 60.7 Å². The summed E-state index contributed by atoms with van der Waals surface area (Å²) in [6.07, 6.45) is 10.7. The van der Waals surface area contributed by atoms with Crippen LogP contribution in [0.2, 0.25) is 5.04 Å². The van der Waals surface area contributed by atoms with Gasteiger partial charge in [-0.25, -0.2) is 8.42 Å². The number of benzene rings is 2. The molecule has 1 N–H and O–H groups in total. The highest BCUT2D eigenvalue weighted by Crippen LogP contribution is 2.58. The minimum absolute atomic E-state index is 0.111. The molecule has 2 aromatic carbocycles. The van der Waals surface area contributed by atoms with Gasteiger partial charge in [-0.1, -0.05) is 127 Å². The number of sulfonamides is 1. The number of hydrogen-bond donors (Lipinski definition) is 1. The third-order valence-corrected chi connectivity index (χ3v) is 18.2. The highest BCUT2D eigenvalue weighted by molar-refractivity contribution is 7.90. The highest BCUT2D eigenvalue weighted by atomic mass is 32.2.